The molecule has 0 fully saturated rings. The zero-order valence-corrected chi connectivity index (χ0v) is 16.6. The van der Waals surface area contributed by atoms with Crippen molar-refractivity contribution in [1.82, 2.24) is 0 Å². The van der Waals surface area contributed by atoms with Crippen LogP contribution in [0, 0.1) is 0 Å². The van der Waals surface area contributed by atoms with Crippen molar-refractivity contribution < 1.29 is 9.53 Å². The Hall–Kier alpha value is -2.76. The maximum absolute atomic E-state index is 12.5. The van der Waals surface area contributed by atoms with Crippen LogP contribution >= 0.6 is 11.8 Å². The van der Waals surface area contributed by atoms with Crippen molar-refractivity contribution in [1.29, 1.82) is 0 Å². The van der Waals surface area contributed by atoms with Crippen LogP contribution in [0.15, 0.2) is 83.8 Å². The van der Waals surface area contributed by atoms with Gasteiger partial charge in [-0.05, 0) is 35.7 Å². The molecule has 3 aromatic carbocycles. The summed E-state index contributed by atoms with van der Waals surface area (Å²) in [5.74, 6) is 1.27. The molecule has 0 heterocycles. The second-order valence-electron chi connectivity index (χ2n) is 6.42. The first-order valence-electron chi connectivity index (χ1n) is 9.11. The molecule has 5 heteroatoms. The maximum Gasteiger partial charge on any atom is 0.241 e. The molecule has 0 bridgehead atoms. The number of methoxy groups -OCH3 is 1. The van der Waals surface area contributed by atoms with Crippen LogP contribution in [0.3, 0.4) is 0 Å². The number of benzene rings is 3. The minimum absolute atomic E-state index is 0.230. The van der Waals surface area contributed by atoms with Gasteiger partial charge >= 0.3 is 0 Å². The zero-order valence-electron chi connectivity index (χ0n) is 15.8. The number of nitrogens with one attached hydrogen (secondary N) is 1. The quantitative estimate of drug-likeness (QED) is 0.554. The summed E-state index contributed by atoms with van der Waals surface area (Å²) in [7, 11) is 1.60. The van der Waals surface area contributed by atoms with Gasteiger partial charge < -0.3 is 15.8 Å². The molecule has 0 spiro atoms. The summed E-state index contributed by atoms with van der Waals surface area (Å²) in [4.78, 5) is 13.6. The molecule has 0 aliphatic rings. The molecule has 0 aromatic heterocycles. The zero-order chi connectivity index (χ0) is 19.8. The number of thioether (sulfide) groups is 1. The number of amides is 1. The fourth-order valence-electron chi connectivity index (χ4n) is 2.79. The standard InChI is InChI=1S/C23H24N2O2S/c1-27-22-15-19(28-16-18-10-6-3-7-11-18)12-13-21(22)25-23(26)20(24)14-17-8-4-2-5-9-17/h2-13,15,20H,14,16,24H2,1H3,(H,25,26). The minimum Gasteiger partial charge on any atom is -0.495 e. The molecule has 0 aliphatic carbocycles. The number of hydrogen-bond acceptors (Lipinski definition) is 4. The first kappa shape index (κ1) is 20.0. The molecule has 144 valence electrons. The van der Waals surface area contributed by atoms with E-state index in [0.29, 0.717) is 17.9 Å². The molecule has 0 aliphatic heterocycles. The van der Waals surface area contributed by atoms with Crippen molar-refractivity contribution >= 4 is 23.4 Å². The molecule has 0 saturated carbocycles. The third-order valence-corrected chi connectivity index (χ3v) is 5.38. The Kier molecular flexibility index (Phi) is 7.12. The van der Waals surface area contributed by atoms with Gasteiger partial charge in [0.1, 0.15) is 5.75 Å². The van der Waals surface area contributed by atoms with E-state index < -0.39 is 6.04 Å². The Morgan fingerprint density at radius 3 is 2.29 bits per heavy atom. The highest BCUT2D eigenvalue weighted by Crippen LogP contribution is 2.32. The van der Waals surface area contributed by atoms with Gasteiger partial charge in [-0.15, -0.1) is 11.8 Å². The Balaban J connectivity index is 1.62. The van der Waals surface area contributed by atoms with E-state index in [4.69, 9.17) is 10.5 Å². The van der Waals surface area contributed by atoms with Crippen molar-refractivity contribution in [3.05, 3.63) is 90.0 Å². The number of anilines is 1. The largest absolute Gasteiger partial charge is 0.495 e. The number of ether oxygens (including phenoxy) is 1. The molecule has 28 heavy (non-hydrogen) atoms. The average Bonchev–Trinajstić information content (AvgIpc) is 2.74. The summed E-state index contributed by atoms with van der Waals surface area (Å²) in [5, 5.41) is 2.88. The van der Waals surface area contributed by atoms with E-state index in [1.807, 2.05) is 66.7 Å². The third kappa shape index (κ3) is 5.62. The summed E-state index contributed by atoms with van der Waals surface area (Å²) in [6, 6.07) is 25.2. The molecule has 1 unspecified atom stereocenters. The fraction of sp³-hybridized carbons (Fsp3) is 0.174. The molecule has 3 aromatic rings. The molecule has 1 amide bonds. The molecule has 3 N–H and O–H groups in total. The van der Waals surface area contributed by atoms with E-state index in [2.05, 4.69) is 17.4 Å². The van der Waals surface area contributed by atoms with Crippen molar-refractivity contribution in [3.8, 4) is 5.75 Å². The first-order valence-corrected chi connectivity index (χ1v) is 10.1. The van der Waals surface area contributed by atoms with Gasteiger partial charge in [0.2, 0.25) is 5.91 Å². The molecule has 0 saturated heterocycles. The van der Waals surface area contributed by atoms with Gasteiger partial charge in [-0.1, -0.05) is 60.7 Å². The lowest BCUT2D eigenvalue weighted by Crippen LogP contribution is -2.37. The fourth-order valence-corrected chi connectivity index (χ4v) is 3.67. The van der Waals surface area contributed by atoms with Crippen LogP contribution in [-0.4, -0.2) is 19.1 Å². The molecule has 0 radical (unpaired) electrons. The van der Waals surface area contributed by atoms with Gasteiger partial charge in [0, 0.05) is 10.6 Å². The predicted molar refractivity (Wildman–Crippen MR) is 116 cm³/mol. The van der Waals surface area contributed by atoms with E-state index in [1.54, 1.807) is 18.9 Å². The lowest BCUT2D eigenvalue weighted by molar-refractivity contribution is -0.117. The number of rotatable bonds is 8. The molecular formula is C23H24N2O2S. The van der Waals surface area contributed by atoms with E-state index in [1.165, 1.54) is 5.56 Å². The van der Waals surface area contributed by atoms with Crippen LogP contribution in [0.5, 0.6) is 5.75 Å². The van der Waals surface area contributed by atoms with E-state index >= 15 is 0 Å². The van der Waals surface area contributed by atoms with Gasteiger partial charge in [-0.25, -0.2) is 0 Å². The van der Waals surface area contributed by atoms with Crippen LogP contribution in [0.2, 0.25) is 0 Å². The minimum atomic E-state index is -0.626. The Bertz CT molecular complexity index is 901. The molecule has 1 atom stereocenters. The highest BCUT2D eigenvalue weighted by Gasteiger charge is 2.16. The second kappa shape index (κ2) is 9.97. The van der Waals surface area contributed by atoms with Crippen LogP contribution < -0.4 is 15.8 Å². The van der Waals surface area contributed by atoms with Crippen molar-refractivity contribution in [2.24, 2.45) is 5.73 Å². The lowest BCUT2D eigenvalue weighted by Gasteiger charge is -2.15. The van der Waals surface area contributed by atoms with Crippen LogP contribution in [0.25, 0.3) is 0 Å². The number of carbonyl (C=O) groups excluding carboxylic acids is 1. The van der Waals surface area contributed by atoms with Gasteiger partial charge in [-0.3, -0.25) is 4.79 Å². The van der Waals surface area contributed by atoms with Gasteiger partial charge in [0.25, 0.3) is 0 Å². The summed E-state index contributed by atoms with van der Waals surface area (Å²) in [6.45, 7) is 0. The van der Waals surface area contributed by atoms with Crippen molar-refractivity contribution in [2.75, 3.05) is 12.4 Å². The lowest BCUT2D eigenvalue weighted by atomic mass is 10.1. The average molecular weight is 393 g/mol. The summed E-state index contributed by atoms with van der Waals surface area (Å²) in [6.07, 6.45) is 0.486. The second-order valence-corrected chi connectivity index (χ2v) is 7.47. The summed E-state index contributed by atoms with van der Waals surface area (Å²) >= 11 is 1.72. The number of carbonyl (C=O) groups is 1. The van der Waals surface area contributed by atoms with E-state index in [-0.39, 0.29) is 5.91 Å². The molecular weight excluding hydrogens is 368 g/mol. The SMILES string of the molecule is COc1cc(SCc2ccccc2)ccc1NC(=O)C(N)Cc1ccccc1. The first-order chi connectivity index (χ1) is 13.7. The summed E-state index contributed by atoms with van der Waals surface area (Å²) < 4.78 is 5.47. The topological polar surface area (TPSA) is 64.3 Å². The normalized spacial score (nSPS) is 11.6. The van der Waals surface area contributed by atoms with Crippen LogP contribution in [0.4, 0.5) is 5.69 Å². The Labute approximate surface area is 170 Å². The van der Waals surface area contributed by atoms with Crippen LogP contribution in [-0.2, 0) is 17.0 Å². The Morgan fingerprint density at radius 2 is 1.64 bits per heavy atom. The molecule has 4 nitrogen and oxygen atoms in total. The van der Waals surface area contributed by atoms with Crippen molar-refractivity contribution in [3.63, 3.8) is 0 Å². The van der Waals surface area contributed by atoms with E-state index in [9.17, 15) is 4.79 Å². The third-order valence-electron chi connectivity index (χ3n) is 4.31. The number of hydrogen-bond donors (Lipinski definition) is 2. The van der Waals surface area contributed by atoms with Gasteiger partial charge in [-0.2, -0.15) is 0 Å². The Morgan fingerprint density at radius 1 is 1.00 bits per heavy atom. The number of nitrogens with two attached hydrogens (primary N) is 1. The van der Waals surface area contributed by atoms with Gasteiger partial charge in [0.05, 0.1) is 18.8 Å². The maximum atomic E-state index is 12.5. The summed E-state index contributed by atoms with van der Waals surface area (Å²) in [5.41, 5.74) is 8.99. The highest BCUT2D eigenvalue weighted by atomic mass is 32.2. The monoisotopic (exact) mass is 392 g/mol. The van der Waals surface area contributed by atoms with E-state index in [0.717, 1.165) is 16.2 Å². The van der Waals surface area contributed by atoms with Crippen LogP contribution in [0.1, 0.15) is 11.1 Å². The predicted octanol–water partition coefficient (Wildman–Crippen LogP) is 4.50. The highest BCUT2D eigenvalue weighted by molar-refractivity contribution is 7.98. The molecule has 3 rings (SSSR count). The van der Waals surface area contributed by atoms with Gasteiger partial charge in [0.15, 0.2) is 0 Å². The smallest absolute Gasteiger partial charge is 0.241 e. The van der Waals surface area contributed by atoms with Crippen molar-refractivity contribution in [2.45, 2.75) is 23.1 Å².